The fraction of sp³-hybridized carbons (Fsp3) is 0.200. The molecule has 1 unspecified atom stereocenters. The molecule has 2 N–H and O–H groups in total. The highest BCUT2D eigenvalue weighted by molar-refractivity contribution is 7.98. The number of carbonyl (C=O) groups excluding carboxylic acids is 1. The second-order valence-electron chi connectivity index (χ2n) is 8.05. The van der Waals surface area contributed by atoms with E-state index in [0.717, 1.165) is 38.3 Å². The molecule has 154 valence electrons. The Morgan fingerprint density at radius 3 is 2.52 bits per heavy atom. The van der Waals surface area contributed by atoms with E-state index >= 15 is 0 Å². The Morgan fingerprint density at radius 2 is 1.81 bits per heavy atom. The molecule has 0 bridgehead atoms. The van der Waals surface area contributed by atoms with Gasteiger partial charge >= 0.3 is 0 Å². The van der Waals surface area contributed by atoms with Crippen molar-refractivity contribution in [2.45, 2.75) is 29.8 Å². The first-order valence-electron chi connectivity index (χ1n) is 10.5. The SMILES string of the molecule is CSc1ccc(C2NC(=O)c3sc4nc(C5CC5)cc(-c5ccccc5)c4c3N2)cc1. The minimum Gasteiger partial charge on any atom is -0.360 e. The van der Waals surface area contributed by atoms with Crippen LogP contribution in [0.1, 0.15) is 45.9 Å². The Bertz CT molecular complexity index is 1290. The van der Waals surface area contributed by atoms with Gasteiger partial charge in [0.25, 0.3) is 5.91 Å². The van der Waals surface area contributed by atoms with Crippen molar-refractivity contribution in [3.63, 3.8) is 0 Å². The van der Waals surface area contributed by atoms with Crippen LogP contribution in [0.15, 0.2) is 65.6 Å². The molecule has 6 heteroatoms. The molecule has 0 spiro atoms. The highest BCUT2D eigenvalue weighted by Gasteiger charge is 2.32. The molecule has 1 fully saturated rings. The second-order valence-corrected chi connectivity index (χ2v) is 9.92. The number of pyridine rings is 1. The number of benzene rings is 2. The minimum atomic E-state index is -0.263. The third-order valence-electron chi connectivity index (χ3n) is 5.98. The molecule has 2 aromatic heterocycles. The summed E-state index contributed by atoms with van der Waals surface area (Å²) >= 11 is 3.20. The molecule has 1 saturated carbocycles. The van der Waals surface area contributed by atoms with Gasteiger partial charge in [0.1, 0.15) is 15.9 Å². The molecule has 2 aromatic carbocycles. The van der Waals surface area contributed by atoms with E-state index < -0.39 is 0 Å². The largest absolute Gasteiger partial charge is 0.360 e. The highest BCUT2D eigenvalue weighted by Crippen LogP contribution is 2.47. The van der Waals surface area contributed by atoms with Crippen LogP contribution in [0.5, 0.6) is 0 Å². The number of carbonyl (C=O) groups is 1. The molecule has 0 saturated heterocycles. The summed E-state index contributed by atoms with van der Waals surface area (Å²) in [5.74, 6) is 0.512. The van der Waals surface area contributed by atoms with Crippen molar-refractivity contribution in [2.24, 2.45) is 0 Å². The number of anilines is 1. The van der Waals surface area contributed by atoms with Crippen LogP contribution in [0.25, 0.3) is 21.3 Å². The van der Waals surface area contributed by atoms with Gasteiger partial charge in [0.2, 0.25) is 0 Å². The molecule has 2 aliphatic rings. The third kappa shape index (κ3) is 3.30. The highest BCUT2D eigenvalue weighted by atomic mass is 32.2. The van der Waals surface area contributed by atoms with E-state index in [-0.39, 0.29) is 12.1 Å². The van der Waals surface area contributed by atoms with E-state index in [0.29, 0.717) is 10.8 Å². The maximum atomic E-state index is 13.1. The standard InChI is InChI=1S/C25H21N3OS2/c1-30-17-11-9-16(10-12-17)23-27-21-20-18(14-5-3-2-4-6-14)13-19(15-7-8-15)26-25(20)31-22(21)24(29)28-23/h2-6,9-13,15,23,27H,7-8H2,1H3,(H,28,29). The predicted octanol–water partition coefficient (Wildman–Crippen LogP) is 6.42. The topological polar surface area (TPSA) is 54.0 Å². The van der Waals surface area contributed by atoms with Crippen molar-refractivity contribution in [1.82, 2.24) is 10.3 Å². The first-order chi connectivity index (χ1) is 15.2. The second kappa shape index (κ2) is 7.39. The summed E-state index contributed by atoms with van der Waals surface area (Å²) < 4.78 is 0. The molecule has 6 rings (SSSR count). The van der Waals surface area contributed by atoms with Crippen molar-refractivity contribution >= 4 is 44.9 Å². The van der Waals surface area contributed by atoms with Gasteiger partial charge in [0, 0.05) is 21.9 Å². The van der Waals surface area contributed by atoms with Crippen LogP contribution in [-0.4, -0.2) is 17.1 Å². The molecule has 4 aromatic rings. The zero-order chi connectivity index (χ0) is 20.9. The van der Waals surface area contributed by atoms with Gasteiger partial charge in [-0.1, -0.05) is 42.5 Å². The first kappa shape index (κ1) is 18.9. The number of rotatable bonds is 4. The Kier molecular flexibility index (Phi) is 4.51. The van der Waals surface area contributed by atoms with E-state index in [1.807, 2.05) is 6.07 Å². The monoisotopic (exact) mass is 443 g/mol. The maximum absolute atomic E-state index is 13.1. The van der Waals surface area contributed by atoms with Gasteiger partial charge in [-0.15, -0.1) is 23.1 Å². The smallest absolute Gasteiger partial charge is 0.265 e. The molecule has 1 aliphatic heterocycles. The Morgan fingerprint density at radius 1 is 1.03 bits per heavy atom. The van der Waals surface area contributed by atoms with E-state index in [2.05, 4.69) is 71.5 Å². The van der Waals surface area contributed by atoms with E-state index in [1.54, 1.807) is 11.8 Å². The molecule has 1 aliphatic carbocycles. The van der Waals surface area contributed by atoms with Crippen molar-refractivity contribution < 1.29 is 4.79 Å². The first-order valence-corrected chi connectivity index (χ1v) is 12.5. The molecular formula is C25H21N3OS2. The molecule has 4 nitrogen and oxygen atoms in total. The van der Waals surface area contributed by atoms with Crippen molar-refractivity contribution in [2.75, 3.05) is 11.6 Å². The fourth-order valence-corrected chi connectivity index (χ4v) is 5.67. The summed E-state index contributed by atoms with van der Waals surface area (Å²) in [6.45, 7) is 0. The third-order valence-corrected chi connectivity index (χ3v) is 7.81. The van der Waals surface area contributed by atoms with Gasteiger partial charge < -0.3 is 10.6 Å². The average Bonchev–Trinajstić information content (AvgIpc) is 3.60. The Balaban J connectivity index is 1.51. The summed E-state index contributed by atoms with van der Waals surface area (Å²) in [7, 11) is 0. The van der Waals surface area contributed by atoms with Crippen molar-refractivity contribution in [3.05, 3.63) is 76.8 Å². The summed E-state index contributed by atoms with van der Waals surface area (Å²) in [5.41, 5.74) is 5.40. The lowest BCUT2D eigenvalue weighted by atomic mass is 9.99. The summed E-state index contributed by atoms with van der Waals surface area (Å²) in [5, 5.41) is 7.78. The van der Waals surface area contributed by atoms with Gasteiger partial charge in [0.15, 0.2) is 0 Å². The number of nitrogens with one attached hydrogen (secondary N) is 2. The number of nitrogens with zero attached hydrogens (tertiary/aromatic N) is 1. The number of aromatic nitrogens is 1. The predicted molar refractivity (Wildman–Crippen MR) is 129 cm³/mol. The van der Waals surface area contributed by atoms with Gasteiger partial charge in [0.05, 0.1) is 5.69 Å². The number of thiophene rings is 1. The van der Waals surface area contributed by atoms with Crippen LogP contribution < -0.4 is 10.6 Å². The quantitative estimate of drug-likeness (QED) is 0.358. The lowest BCUT2D eigenvalue weighted by Crippen LogP contribution is -2.37. The van der Waals surface area contributed by atoms with Crippen LogP contribution in [0.4, 0.5) is 5.69 Å². The molecule has 3 heterocycles. The fourth-order valence-electron chi connectivity index (χ4n) is 4.19. The van der Waals surface area contributed by atoms with Gasteiger partial charge in [-0.2, -0.15) is 0 Å². The molecule has 31 heavy (non-hydrogen) atoms. The summed E-state index contributed by atoms with van der Waals surface area (Å²) in [4.78, 5) is 20.9. The zero-order valence-corrected chi connectivity index (χ0v) is 18.6. The minimum absolute atomic E-state index is 0.0392. The van der Waals surface area contributed by atoms with Crippen LogP contribution in [0.3, 0.4) is 0 Å². The normalized spacial score (nSPS) is 17.8. The van der Waals surface area contributed by atoms with Crippen LogP contribution in [0, 0.1) is 0 Å². The van der Waals surface area contributed by atoms with Crippen LogP contribution in [0.2, 0.25) is 0 Å². The van der Waals surface area contributed by atoms with Gasteiger partial charge in [-0.05, 0) is 54.0 Å². The molecule has 0 radical (unpaired) electrons. The summed E-state index contributed by atoms with van der Waals surface area (Å²) in [6, 6.07) is 21.0. The molecule has 1 atom stereocenters. The number of fused-ring (bicyclic) bond motifs is 3. The molecule has 1 amide bonds. The van der Waals surface area contributed by atoms with Gasteiger partial charge in [-0.3, -0.25) is 4.79 Å². The van der Waals surface area contributed by atoms with Crippen molar-refractivity contribution in [3.8, 4) is 11.1 Å². The number of amides is 1. The maximum Gasteiger partial charge on any atom is 0.265 e. The van der Waals surface area contributed by atoms with Gasteiger partial charge in [-0.25, -0.2) is 4.98 Å². The number of hydrogen-bond acceptors (Lipinski definition) is 5. The number of thioether (sulfide) groups is 1. The number of hydrogen-bond donors (Lipinski definition) is 2. The lowest BCUT2D eigenvalue weighted by Gasteiger charge is -2.27. The average molecular weight is 444 g/mol. The van der Waals surface area contributed by atoms with E-state index in [9.17, 15) is 4.79 Å². The Hall–Kier alpha value is -2.83. The van der Waals surface area contributed by atoms with Crippen molar-refractivity contribution in [1.29, 1.82) is 0 Å². The Labute approximate surface area is 189 Å². The molecular weight excluding hydrogens is 422 g/mol. The van der Waals surface area contributed by atoms with Crippen LogP contribution in [-0.2, 0) is 0 Å². The van der Waals surface area contributed by atoms with Crippen LogP contribution >= 0.6 is 23.1 Å². The van der Waals surface area contributed by atoms with E-state index in [1.165, 1.54) is 29.1 Å². The van der Waals surface area contributed by atoms with E-state index in [4.69, 9.17) is 4.98 Å². The summed E-state index contributed by atoms with van der Waals surface area (Å²) in [6.07, 6.45) is 4.20. The zero-order valence-electron chi connectivity index (χ0n) is 17.0. The lowest BCUT2D eigenvalue weighted by molar-refractivity contribution is 0.0940.